The molecule has 10 heteroatoms. The number of ether oxygens (including phenoxy) is 2. The minimum Gasteiger partial charge on any atom is -0.473 e. The van der Waals surface area contributed by atoms with Gasteiger partial charge in [0.25, 0.3) is 0 Å². The molecule has 0 atom stereocenters. The number of aromatic amines is 1. The maximum Gasteiger partial charge on any atom is 0.388 e. The number of aryl methyl sites for hydroxylation is 2. The molecule has 0 aliphatic carbocycles. The van der Waals surface area contributed by atoms with E-state index in [0.717, 1.165) is 25.9 Å². The summed E-state index contributed by atoms with van der Waals surface area (Å²) in [5.41, 5.74) is 1.36. The fourth-order valence-electron chi connectivity index (χ4n) is 2.75. The molecule has 2 aromatic heterocycles. The van der Waals surface area contributed by atoms with Gasteiger partial charge in [-0.1, -0.05) is 0 Å². The summed E-state index contributed by atoms with van der Waals surface area (Å²) in [4.78, 5) is 11.2. The largest absolute Gasteiger partial charge is 0.473 e. The zero-order valence-electron chi connectivity index (χ0n) is 14.9. The van der Waals surface area contributed by atoms with Crippen LogP contribution in [0.1, 0.15) is 24.2 Å². The molecule has 142 valence electrons. The molecule has 1 saturated heterocycles. The molecule has 0 spiro atoms. The molecule has 2 aromatic rings. The highest BCUT2D eigenvalue weighted by Crippen LogP contribution is 2.25. The minimum atomic E-state index is -2.93. The lowest BCUT2D eigenvalue weighted by molar-refractivity contribution is -0.0528. The Hall–Kier alpha value is -2.49. The van der Waals surface area contributed by atoms with Gasteiger partial charge >= 0.3 is 6.61 Å². The summed E-state index contributed by atoms with van der Waals surface area (Å²) >= 11 is 0. The van der Waals surface area contributed by atoms with E-state index in [1.165, 1.54) is 6.07 Å². The highest BCUT2D eigenvalue weighted by molar-refractivity contribution is 5.55. The number of halogens is 2. The molecule has 0 bridgehead atoms. The van der Waals surface area contributed by atoms with E-state index in [1.807, 2.05) is 6.92 Å². The second-order valence-corrected chi connectivity index (χ2v) is 6.29. The number of piperidine rings is 1. The molecule has 0 aromatic carbocycles. The Morgan fingerprint density at radius 2 is 1.96 bits per heavy atom. The number of nitrogens with zero attached hydrogens (tertiary/aromatic N) is 4. The van der Waals surface area contributed by atoms with Crippen LogP contribution in [0.3, 0.4) is 0 Å². The van der Waals surface area contributed by atoms with E-state index < -0.39 is 6.61 Å². The van der Waals surface area contributed by atoms with Gasteiger partial charge in [0.2, 0.25) is 11.8 Å². The number of alkyl halides is 2. The van der Waals surface area contributed by atoms with Gasteiger partial charge in [0.05, 0.1) is 11.4 Å². The van der Waals surface area contributed by atoms with E-state index in [4.69, 9.17) is 4.74 Å². The van der Waals surface area contributed by atoms with Gasteiger partial charge in [0, 0.05) is 19.2 Å². The third kappa shape index (κ3) is 4.57. The van der Waals surface area contributed by atoms with Crippen molar-refractivity contribution in [1.82, 2.24) is 25.1 Å². The van der Waals surface area contributed by atoms with Crippen molar-refractivity contribution in [2.75, 3.05) is 25.5 Å². The Kier molecular flexibility index (Phi) is 5.50. The third-order valence-electron chi connectivity index (χ3n) is 4.16. The average molecular weight is 368 g/mol. The van der Waals surface area contributed by atoms with Gasteiger partial charge in [-0.2, -0.15) is 13.8 Å². The normalized spacial score (nSPS) is 16.1. The van der Waals surface area contributed by atoms with Gasteiger partial charge in [-0.05, 0) is 33.7 Å². The number of aromatic nitrogens is 4. The Bertz CT molecular complexity index is 746. The Morgan fingerprint density at radius 1 is 1.23 bits per heavy atom. The van der Waals surface area contributed by atoms with Gasteiger partial charge in [-0.15, -0.1) is 5.10 Å². The zero-order valence-corrected chi connectivity index (χ0v) is 14.9. The van der Waals surface area contributed by atoms with Crippen LogP contribution in [0.25, 0.3) is 0 Å². The second kappa shape index (κ2) is 7.81. The topological polar surface area (TPSA) is 88.2 Å². The lowest BCUT2D eigenvalue weighted by Gasteiger charge is -2.29. The summed E-state index contributed by atoms with van der Waals surface area (Å²) in [5, 5.41) is 9.20. The third-order valence-corrected chi connectivity index (χ3v) is 4.16. The Morgan fingerprint density at radius 3 is 2.65 bits per heavy atom. The van der Waals surface area contributed by atoms with Crippen LogP contribution in [0.4, 0.5) is 20.4 Å². The van der Waals surface area contributed by atoms with E-state index >= 15 is 0 Å². The van der Waals surface area contributed by atoms with Crippen molar-refractivity contribution in [1.29, 1.82) is 0 Å². The number of likely N-dealkylation sites (tertiary alicyclic amines) is 1. The maximum atomic E-state index is 12.2. The molecule has 3 heterocycles. The van der Waals surface area contributed by atoms with Crippen molar-refractivity contribution in [2.24, 2.45) is 0 Å². The standard InChI is InChI=1S/C16H22F2N6O2/c1-9-14(20-12-8-13(23-22-12)26-16(17)18)21-15(10(2)19-9)25-11-4-6-24(3)7-5-11/h8,11,16H,4-7H2,1-3H3,(H2,20,21,22,23). The number of hydrogen-bond donors (Lipinski definition) is 2. The first kappa shape index (κ1) is 18.3. The van der Waals surface area contributed by atoms with Crippen LogP contribution >= 0.6 is 0 Å². The van der Waals surface area contributed by atoms with Crippen molar-refractivity contribution >= 4 is 11.6 Å². The summed E-state index contributed by atoms with van der Waals surface area (Å²) < 4.78 is 34.7. The minimum absolute atomic E-state index is 0.105. The van der Waals surface area contributed by atoms with Crippen LogP contribution in [0.5, 0.6) is 11.8 Å². The Balaban J connectivity index is 1.72. The van der Waals surface area contributed by atoms with Crippen LogP contribution in [0.15, 0.2) is 6.07 Å². The first-order valence-corrected chi connectivity index (χ1v) is 8.38. The van der Waals surface area contributed by atoms with Gasteiger partial charge in [-0.25, -0.2) is 4.98 Å². The molecule has 0 saturated carbocycles. The van der Waals surface area contributed by atoms with E-state index in [2.05, 4.69) is 42.2 Å². The summed E-state index contributed by atoms with van der Waals surface area (Å²) in [6.07, 6.45) is 1.97. The molecule has 26 heavy (non-hydrogen) atoms. The SMILES string of the molecule is Cc1nc(C)c(OC2CCN(C)CC2)nc1Nc1cc(OC(F)F)n[nH]1. The van der Waals surface area contributed by atoms with Crippen molar-refractivity contribution in [3.63, 3.8) is 0 Å². The maximum absolute atomic E-state index is 12.2. The molecule has 0 amide bonds. The first-order chi connectivity index (χ1) is 12.4. The summed E-state index contributed by atoms with van der Waals surface area (Å²) in [6.45, 7) is 2.68. The lowest BCUT2D eigenvalue weighted by Crippen LogP contribution is -2.36. The highest BCUT2D eigenvalue weighted by Gasteiger charge is 2.20. The quantitative estimate of drug-likeness (QED) is 0.810. The molecule has 2 N–H and O–H groups in total. The number of anilines is 2. The molecule has 1 aliphatic heterocycles. The van der Waals surface area contributed by atoms with Gasteiger partial charge < -0.3 is 19.7 Å². The molecule has 3 rings (SSSR count). The van der Waals surface area contributed by atoms with Crippen molar-refractivity contribution < 1.29 is 18.3 Å². The molecular formula is C16H22F2N6O2. The molecule has 1 fully saturated rings. The molecule has 0 unspecified atom stereocenters. The highest BCUT2D eigenvalue weighted by atomic mass is 19.3. The van der Waals surface area contributed by atoms with E-state index in [0.29, 0.717) is 28.9 Å². The number of H-pyrrole nitrogens is 1. The molecule has 0 radical (unpaired) electrons. The lowest BCUT2D eigenvalue weighted by atomic mass is 10.1. The van der Waals surface area contributed by atoms with Crippen LogP contribution < -0.4 is 14.8 Å². The second-order valence-electron chi connectivity index (χ2n) is 6.29. The van der Waals surface area contributed by atoms with Gasteiger partial charge in [-0.3, -0.25) is 5.10 Å². The number of hydrogen-bond acceptors (Lipinski definition) is 7. The number of rotatable bonds is 6. The molecule has 8 nitrogen and oxygen atoms in total. The van der Waals surface area contributed by atoms with Gasteiger partial charge in [0.1, 0.15) is 11.9 Å². The molecular weight excluding hydrogens is 346 g/mol. The zero-order chi connectivity index (χ0) is 18.7. The van der Waals surface area contributed by atoms with E-state index in [1.54, 1.807) is 6.92 Å². The predicted octanol–water partition coefficient (Wildman–Crippen LogP) is 2.63. The van der Waals surface area contributed by atoms with E-state index in [-0.39, 0.29) is 12.0 Å². The molecule has 1 aliphatic rings. The van der Waals surface area contributed by atoms with Crippen LogP contribution in [0.2, 0.25) is 0 Å². The van der Waals surface area contributed by atoms with Crippen LogP contribution in [0, 0.1) is 13.8 Å². The van der Waals surface area contributed by atoms with Crippen molar-refractivity contribution in [3.8, 4) is 11.8 Å². The summed E-state index contributed by atoms with van der Waals surface area (Å²) in [5.74, 6) is 1.09. The Labute approximate surface area is 149 Å². The number of nitrogens with one attached hydrogen (secondary N) is 2. The fraction of sp³-hybridized carbons (Fsp3) is 0.562. The fourth-order valence-corrected chi connectivity index (χ4v) is 2.75. The summed E-state index contributed by atoms with van der Waals surface area (Å²) in [6, 6.07) is 1.32. The van der Waals surface area contributed by atoms with Crippen LogP contribution in [-0.4, -0.2) is 57.9 Å². The smallest absolute Gasteiger partial charge is 0.388 e. The average Bonchev–Trinajstić information content (AvgIpc) is 3.00. The van der Waals surface area contributed by atoms with E-state index in [9.17, 15) is 8.78 Å². The monoisotopic (exact) mass is 368 g/mol. The van der Waals surface area contributed by atoms with Crippen LogP contribution in [-0.2, 0) is 0 Å². The van der Waals surface area contributed by atoms with Gasteiger partial charge in [0.15, 0.2) is 5.82 Å². The predicted molar refractivity (Wildman–Crippen MR) is 91.2 cm³/mol. The first-order valence-electron chi connectivity index (χ1n) is 8.38. The van der Waals surface area contributed by atoms with Crippen molar-refractivity contribution in [3.05, 3.63) is 17.5 Å². The summed E-state index contributed by atoms with van der Waals surface area (Å²) in [7, 11) is 2.09. The van der Waals surface area contributed by atoms with Crippen molar-refractivity contribution in [2.45, 2.75) is 39.4 Å².